The Balaban J connectivity index is 0.00000280. The summed E-state index contributed by atoms with van der Waals surface area (Å²) in [6.45, 7) is 1.39. The third-order valence-corrected chi connectivity index (χ3v) is 4.41. The van der Waals surface area contributed by atoms with Crippen molar-refractivity contribution in [1.82, 2.24) is 10.6 Å². The van der Waals surface area contributed by atoms with Gasteiger partial charge >= 0.3 is 0 Å². The van der Waals surface area contributed by atoms with E-state index in [1.165, 1.54) is 21.9 Å². The summed E-state index contributed by atoms with van der Waals surface area (Å²) in [7, 11) is 5.13. The zero-order chi connectivity index (χ0) is 19.1. The minimum atomic E-state index is 0. The van der Waals surface area contributed by atoms with Crippen LogP contribution in [0.4, 0.5) is 0 Å². The van der Waals surface area contributed by atoms with Gasteiger partial charge in [-0.2, -0.15) is 0 Å². The Morgan fingerprint density at radius 1 is 0.750 bits per heavy atom. The normalized spacial score (nSPS) is 10.9. The second-order valence-corrected chi connectivity index (χ2v) is 6.17. The molecule has 0 fully saturated rings. The molecule has 0 saturated heterocycles. The predicted molar refractivity (Wildman–Crippen MR) is 126 cm³/mol. The minimum Gasteiger partial charge on any atom is -0.497 e. The lowest BCUT2D eigenvalue weighted by molar-refractivity contribution is 0.414. The maximum atomic E-state index is 5.28. The second-order valence-electron chi connectivity index (χ2n) is 6.17. The molecule has 3 aromatic carbocycles. The molecule has 0 aliphatic heterocycles. The molecular formula is C22H26IN3O2. The Hall–Kier alpha value is -2.48. The Bertz CT molecular complexity index is 927. The van der Waals surface area contributed by atoms with E-state index in [2.05, 4.69) is 39.9 Å². The van der Waals surface area contributed by atoms with Crippen molar-refractivity contribution in [3.05, 3.63) is 71.8 Å². The predicted octanol–water partition coefficient (Wildman–Crippen LogP) is 4.34. The third kappa shape index (κ3) is 5.76. The van der Waals surface area contributed by atoms with Crippen molar-refractivity contribution in [2.45, 2.75) is 13.1 Å². The molecule has 2 N–H and O–H groups in total. The molecule has 148 valence electrons. The van der Waals surface area contributed by atoms with Crippen molar-refractivity contribution in [3.8, 4) is 11.5 Å². The first kappa shape index (κ1) is 21.8. The summed E-state index contributed by atoms with van der Waals surface area (Å²) < 4.78 is 10.5. The van der Waals surface area contributed by atoms with Crippen LogP contribution in [0.2, 0.25) is 0 Å². The lowest BCUT2D eigenvalue weighted by atomic mass is 10.1. The number of nitrogens with one attached hydrogen (secondary N) is 2. The molecule has 3 aromatic rings. The first-order chi connectivity index (χ1) is 13.2. The van der Waals surface area contributed by atoms with E-state index in [9.17, 15) is 0 Å². The van der Waals surface area contributed by atoms with Gasteiger partial charge in [0.2, 0.25) is 0 Å². The molecule has 0 radical (unpaired) electrons. The van der Waals surface area contributed by atoms with Gasteiger partial charge in [-0.3, -0.25) is 4.99 Å². The highest BCUT2D eigenvalue weighted by Crippen LogP contribution is 2.21. The number of guanidine groups is 1. The maximum absolute atomic E-state index is 5.28. The van der Waals surface area contributed by atoms with Crippen molar-refractivity contribution in [2.75, 3.05) is 21.3 Å². The monoisotopic (exact) mass is 491 g/mol. The number of fused-ring (bicyclic) bond motifs is 1. The summed E-state index contributed by atoms with van der Waals surface area (Å²) in [4.78, 5) is 4.29. The topological polar surface area (TPSA) is 54.9 Å². The Kier molecular flexibility index (Phi) is 8.38. The van der Waals surface area contributed by atoms with Crippen molar-refractivity contribution in [3.63, 3.8) is 0 Å². The number of hydrogen-bond donors (Lipinski definition) is 2. The molecule has 0 aliphatic rings. The van der Waals surface area contributed by atoms with Crippen LogP contribution in [0.1, 0.15) is 11.1 Å². The van der Waals surface area contributed by atoms with Crippen LogP contribution < -0.4 is 20.1 Å². The molecule has 0 heterocycles. The van der Waals surface area contributed by atoms with Gasteiger partial charge in [0.25, 0.3) is 0 Å². The van der Waals surface area contributed by atoms with Crippen LogP contribution >= 0.6 is 24.0 Å². The van der Waals surface area contributed by atoms with Gasteiger partial charge in [-0.15, -0.1) is 24.0 Å². The van der Waals surface area contributed by atoms with Crippen molar-refractivity contribution in [2.24, 2.45) is 4.99 Å². The molecular weight excluding hydrogens is 465 g/mol. The number of halogens is 1. The highest BCUT2D eigenvalue weighted by Gasteiger charge is 2.02. The van der Waals surface area contributed by atoms with Gasteiger partial charge < -0.3 is 20.1 Å². The van der Waals surface area contributed by atoms with Crippen LogP contribution in [0, 0.1) is 0 Å². The molecule has 0 aromatic heterocycles. The number of ether oxygens (including phenoxy) is 2. The highest BCUT2D eigenvalue weighted by molar-refractivity contribution is 14.0. The molecule has 0 aliphatic carbocycles. The number of aliphatic imine (C=N–C) groups is 1. The number of nitrogens with zero attached hydrogens (tertiary/aromatic N) is 1. The smallest absolute Gasteiger partial charge is 0.191 e. The van der Waals surface area contributed by atoms with E-state index in [1.54, 1.807) is 21.3 Å². The Labute approximate surface area is 183 Å². The average Bonchev–Trinajstić information content (AvgIpc) is 2.73. The van der Waals surface area contributed by atoms with Crippen molar-refractivity contribution in [1.29, 1.82) is 0 Å². The molecule has 0 atom stereocenters. The minimum absolute atomic E-state index is 0. The molecule has 3 rings (SSSR count). The first-order valence-corrected chi connectivity index (χ1v) is 8.86. The summed E-state index contributed by atoms with van der Waals surface area (Å²) >= 11 is 0. The molecule has 0 amide bonds. The van der Waals surface area contributed by atoms with Gasteiger partial charge in [0.05, 0.1) is 14.2 Å². The first-order valence-electron chi connectivity index (χ1n) is 8.86. The standard InChI is InChI=1S/C22H25N3O2.HI/c1-23-22(24-14-16-5-9-20(26-2)10-6-16)25-15-17-4-7-19-13-21(27-3)11-8-18(19)12-17;/h4-13H,14-15H2,1-3H3,(H2,23,24,25);1H. The molecule has 0 spiro atoms. The van der Waals surface area contributed by atoms with Crippen LogP contribution in [-0.4, -0.2) is 27.2 Å². The summed E-state index contributed by atoms with van der Waals surface area (Å²) in [6.07, 6.45) is 0. The molecule has 0 unspecified atom stereocenters. The molecule has 5 nitrogen and oxygen atoms in total. The van der Waals surface area contributed by atoms with E-state index in [0.29, 0.717) is 13.1 Å². The van der Waals surface area contributed by atoms with Crippen LogP contribution in [0.25, 0.3) is 10.8 Å². The Morgan fingerprint density at radius 2 is 1.29 bits per heavy atom. The number of methoxy groups -OCH3 is 2. The van der Waals surface area contributed by atoms with Gasteiger partial charge in [-0.1, -0.05) is 30.3 Å². The fourth-order valence-corrected chi connectivity index (χ4v) is 2.85. The summed E-state index contributed by atoms with van der Waals surface area (Å²) in [5, 5.41) is 9.04. The fraction of sp³-hybridized carbons (Fsp3) is 0.227. The van der Waals surface area contributed by atoms with Gasteiger partial charge in [0.15, 0.2) is 5.96 Å². The largest absolute Gasteiger partial charge is 0.497 e. The molecule has 6 heteroatoms. The van der Waals surface area contributed by atoms with Crippen LogP contribution in [-0.2, 0) is 13.1 Å². The number of rotatable bonds is 6. The molecule has 0 saturated carbocycles. The highest BCUT2D eigenvalue weighted by atomic mass is 127. The molecule has 0 bridgehead atoms. The zero-order valence-corrected chi connectivity index (χ0v) is 18.7. The zero-order valence-electron chi connectivity index (χ0n) is 16.4. The van der Waals surface area contributed by atoms with Crippen molar-refractivity contribution >= 4 is 40.7 Å². The summed E-state index contributed by atoms with van der Waals surface area (Å²) in [5.74, 6) is 2.49. The van der Waals surface area contributed by atoms with Crippen LogP contribution in [0.3, 0.4) is 0 Å². The van der Waals surface area contributed by atoms with Crippen LogP contribution in [0.15, 0.2) is 65.7 Å². The quantitative estimate of drug-likeness (QED) is 0.306. The third-order valence-electron chi connectivity index (χ3n) is 4.41. The van der Waals surface area contributed by atoms with Crippen molar-refractivity contribution < 1.29 is 9.47 Å². The summed E-state index contributed by atoms with van der Waals surface area (Å²) in [6, 6.07) is 20.5. The molecule has 28 heavy (non-hydrogen) atoms. The second kappa shape index (κ2) is 10.8. The lowest BCUT2D eigenvalue weighted by Gasteiger charge is -2.13. The fourth-order valence-electron chi connectivity index (χ4n) is 2.85. The van der Waals surface area contributed by atoms with E-state index in [-0.39, 0.29) is 24.0 Å². The van der Waals surface area contributed by atoms with E-state index in [0.717, 1.165) is 17.5 Å². The number of hydrogen-bond acceptors (Lipinski definition) is 3. The maximum Gasteiger partial charge on any atom is 0.191 e. The SMILES string of the molecule is CN=C(NCc1ccc(OC)cc1)NCc1ccc2cc(OC)ccc2c1.I. The van der Waals surface area contributed by atoms with E-state index >= 15 is 0 Å². The average molecular weight is 491 g/mol. The van der Waals surface area contributed by atoms with Gasteiger partial charge in [-0.25, -0.2) is 0 Å². The van der Waals surface area contributed by atoms with Gasteiger partial charge in [-0.05, 0) is 52.2 Å². The van der Waals surface area contributed by atoms with Gasteiger partial charge in [0.1, 0.15) is 11.5 Å². The number of benzene rings is 3. The van der Waals surface area contributed by atoms with E-state index in [4.69, 9.17) is 9.47 Å². The van der Waals surface area contributed by atoms with Crippen LogP contribution in [0.5, 0.6) is 11.5 Å². The van der Waals surface area contributed by atoms with E-state index < -0.39 is 0 Å². The van der Waals surface area contributed by atoms with Gasteiger partial charge in [0, 0.05) is 20.1 Å². The Morgan fingerprint density at radius 3 is 1.93 bits per heavy atom. The van der Waals surface area contributed by atoms with E-state index in [1.807, 2.05) is 36.4 Å². The lowest BCUT2D eigenvalue weighted by Crippen LogP contribution is -2.36. The summed E-state index contributed by atoms with van der Waals surface area (Å²) in [5.41, 5.74) is 2.36.